The van der Waals surface area contributed by atoms with Gasteiger partial charge in [0.2, 0.25) is 5.96 Å². The van der Waals surface area contributed by atoms with Crippen molar-refractivity contribution >= 4 is 5.96 Å². The number of nitrogens with one attached hydrogen (secondary N) is 1. The lowest BCUT2D eigenvalue weighted by Gasteiger charge is -2.36. The summed E-state index contributed by atoms with van der Waals surface area (Å²) in [7, 11) is 2.02. The molecule has 0 aromatic heterocycles. The van der Waals surface area contributed by atoms with Crippen molar-refractivity contribution in [2.75, 3.05) is 13.6 Å². The van der Waals surface area contributed by atoms with E-state index >= 15 is 0 Å². The van der Waals surface area contributed by atoms with Crippen molar-refractivity contribution in [3.05, 3.63) is 0 Å². The molecule has 0 aliphatic rings. The Kier molecular flexibility index (Phi) is 5.79. The van der Waals surface area contributed by atoms with Crippen LogP contribution in [-0.4, -0.2) is 30.5 Å². The van der Waals surface area contributed by atoms with Crippen LogP contribution in [0.1, 0.15) is 41.5 Å². The molecule has 0 rings (SSSR count). The molecule has 0 saturated heterocycles. The predicted octanol–water partition coefficient (Wildman–Crippen LogP) is 1.83. The highest BCUT2D eigenvalue weighted by molar-refractivity contribution is 5.79. The minimum atomic E-state index is 0.199. The van der Waals surface area contributed by atoms with Gasteiger partial charge in [0.15, 0.2) is 0 Å². The van der Waals surface area contributed by atoms with Gasteiger partial charge in [-0.2, -0.15) is 0 Å². The predicted molar refractivity (Wildman–Crippen MR) is 71.1 cm³/mol. The Morgan fingerprint density at radius 2 is 1.81 bits per heavy atom. The minimum absolute atomic E-state index is 0.199. The molecule has 0 heterocycles. The molecule has 4 heteroatoms. The fourth-order valence-electron chi connectivity index (χ4n) is 1.29. The van der Waals surface area contributed by atoms with E-state index in [-0.39, 0.29) is 5.41 Å². The molecule has 0 aromatic carbocycles. The van der Waals surface area contributed by atoms with Crippen molar-refractivity contribution in [1.82, 2.24) is 10.3 Å². The van der Waals surface area contributed by atoms with Gasteiger partial charge in [0, 0.05) is 19.6 Å². The summed E-state index contributed by atoms with van der Waals surface area (Å²) < 4.78 is 0. The third-order valence-corrected chi connectivity index (χ3v) is 2.90. The quantitative estimate of drug-likeness (QED) is 0.335. The maximum Gasteiger partial charge on any atom is 0.208 e. The standard InChI is InChI=1S/C12H28N4/c1-9(2)8-14-11(15-13)16(7)10(3)12(4,5)6/h9-10H,8,13H2,1-7H3,(H,14,15). The second-order valence-electron chi connectivity index (χ2n) is 5.86. The highest BCUT2D eigenvalue weighted by Gasteiger charge is 2.25. The van der Waals surface area contributed by atoms with Crippen molar-refractivity contribution < 1.29 is 0 Å². The summed E-state index contributed by atoms with van der Waals surface area (Å²) in [4.78, 5) is 6.58. The molecule has 0 saturated carbocycles. The Balaban J connectivity index is 4.65. The third kappa shape index (κ3) is 4.84. The van der Waals surface area contributed by atoms with Crippen LogP contribution in [0.15, 0.2) is 4.99 Å². The Morgan fingerprint density at radius 1 is 1.31 bits per heavy atom. The summed E-state index contributed by atoms with van der Waals surface area (Å²) >= 11 is 0. The van der Waals surface area contributed by atoms with Gasteiger partial charge in [0.05, 0.1) is 0 Å². The highest BCUT2D eigenvalue weighted by Crippen LogP contribution is 2.22. The zero-order chi connectivity index (χ0) is 12.9. The van der Waals surface area contributed by atoms with Crippen molar-refractivity contribution in [2.24, 2.45) is 22.2 Å². The lowest BCUT2D eigenvalue weighted by molar-refractivity contribution is 0.203. The Labute approximate surface area is 100 Å². The molecule has 0 spiro atoms. The lowest BCUT2D eigenvalue weighted by atomic mass is 9.87. The summed E-state index contributed by atoms with van der Waals surface area (Å²) in [6.07, 6.45) is 0. The second kappa shape index (κ2) is 6.09. The summed E-state index contributed by atoms with van der Waals surface area (Å²) in [5.74, 6) is 6.82. The Morgan fingerprint density at radius 3 is 2.12 bits per heavy atom. The number of hydrazine groups is 1. The first-order valence-corrected chi connectivity index (χ1v) is 5.94. The maximum absolute atomic E-state index is 5.52. The van der Waals surface area contributed by atoms with Crippen LogP contribution in [0.3, 0.4) is 0 Å². The molecule has 16 heavy (non-hydrogen) atoms. The van der Waals surface area contributed by atoms with Gasteiger partial charge in [-0.3, -0.25) is 10.4 Å². The minimum Gasteiger partial charge on any atom is -0.342 e. The highest BCUT2D eigenvalue weighted by atomic mass is 15.4. The third-order valence-electron chi connectivity index (χ3n) is 2.90. The van der Waals surface area contributed by atoms with Crippen LogP contribution in [0, 0.1) is 11.3 Å². The van der Waals surface area contributed by atoms with E-state index in [4.69, 9.17) is 5.84 Å². The van der Waals surface area contributed by atoms with E-state index in [9.17, 15) is 0 Å². The van der Waals surface area contributed by atoms with E-state index in [2.05, 4.69) is 56.9 Å². The molecule has 0 aliphatic carbocycles. The summed E-state index contributed by atoms with van der Waals surface area (Å²) in [6.45, 7) is 13.9. The van der Waals surface area contributed by atoms with Crippen LogP contribution in [-0.2, 0) is 0 Å². The average Bonchev–Trinajstić information content (AvgIpc) is 2.15. The monoisotopic (exact) mass is 228 g/mol. The molecule has 4 nitrogen and oxygen atoms in total. The molecule has 1 atom stereocenters. The van der Waals surface area contributed by atoms with Gasteiger partial charge in [-0.05, 0) is 18.3 Å². The van der Waals surface area contributed by atoms with Crippen molar-refractivity contribution in [3.8, 4) is 0 Å². The van der Waals surface area contributed by atoms with Gasteiger partial charge in [-0.25, -0.2) is 5.84 Å². The number of aliphatic imine (C=N–C) groups is 1. The lowest BCUT2D eigenvalue weighted by Crippen LogP contribution is -2.50. The fourth-order valence-corrected chi connectivity index (χ4v) is 1.29. The first-order valence-electron chi connectivity index (χ1n) is 5.94. The number of hydrogen-bond donors (Lipinski definition) is 2. The van der Waals surface area contributed by atoms with Gasteiger partial charge in [-0.1, -0.05) is 34.6 Å². The van der Waals surface area contributed by atoms with Gasteiger partial charge < -0.3 is 4.90 Å². The van der Waals surface area contributed by atoms with Crippen LogP contribution in [0.2, 0.25) is 0 Å². The molecule has 0 radical (unpaired) electrons. The van der Waals surface area contributed by atoms with E-state index in [1.807, 2.05) is 7.05 Å². The zero-order valence-electron chi connectivity index (χ0n) is 11.8. The number of nitrogens with two attached hydrogens (primary N) is 1. The molecule has 0 aromatic rings. The molecule has 1 unspecified atom stereocenters. The van der Waals surface area contributed by atoms with Gasteiger partial charge in [0.25, 0.3) is 0 Å². The molecule has 0 bridgehead atoms. The Bertz CT molecular complexity index is 228. The topological polar surface area (TPSA) is 53.6 Å². The van der Waals surface area contributed by atoms with E-state index in [0.717, 1.165) is 12.5 Å². The number of hydrogen-bond acceptors (Lipinski definition) is 2. The molecule has 3 N–H and O–H groups in total. The SMILES string of the molecule is CC(C)CN=C(NN)N(C)C(C)C(C)(C)C. The van der Waals surface area contributed by atoms with Crippen LogP contribution in [0.25, 0.3) is 0 Å². The van der Waals surface area contributed by atoms with Crippen molar-refractivity contribution in [2.45, 2.75) is 47.6 Å². The van der Waals surface area contributed by atoms with Crippen molar-refractivity contribution in [3.63, 3.8) is 0 Å². The van der Waals surface area contributed by atoms with Crippen LogP contribution in [0.5, 0.6) is 0 Å². The molecular weight excluding hydrogens is 200 g/mol. The van der Waals surface area contributed by atoms with Crippen LogP contribution in [0.4, 0.5) is 0 Å². The van der Waals surface area contributed by atoms with Gasteiger partial charge >= 0.3 is 0 Å². The fraction of sp³-hybridized carbons (Fsp3) is 0.917. The molecule has 0 fully saturated rings. The number of guanidine groups is 1. The summed E-state index contributed by atoms with van der Waals surface area (Å²) in [5, 5.41) is 0. The van der Waals surface area contributed by atoms with Gasteiger partial charge in [-0.15, -0.1) is 0 Å². The molecule has 0 amide bonds. The van der Waals surface area contributed by atoms with E-state index in [1.165, 1.54) is 0 Å². The van der Waals surface area contributed by atoms with Crippen LogP contribution >= 0.6 is 0 Å². The summed E-state index contributed by atoms with van der Waals surface area (Å²) in [5.41, 5.74) is 2.88. The van der Waals surface area contributed by atoms with E-state index in [0.29, 0.717) is 12.0 Å². The smallest absolute Gasteiger partial charge is 0.208 e. The normalized spacial score (nSPS) is 15.2. The van der Waals surface area contributed by atoms with E-state index < -0.39 is 0 Å². The zero-order valence-corrected chi connectivity index (χ0v) is 11.8. The summed E-state index contributed by atoms with van der Waals surface area (Å²) in [6, 6.07) is 0.370. The Hall–Kier alpha value is -0.770. The van der Waals surface area contributed by atoms with E-state index in [1.54, 1.807) is 0 Å². The largest absolute Gasteiger partial charge is 0.342 e. The van der Waals surface area contributed by atoms with Gasteiger partial charge in [0.1, 0.15) is 0 Å². The first-order chi connectivity index (χ1) is 7.20. The van der Waals surface area contributed by atoms with Crippen LogP contribution < -0.4 is 11.3 Å². The molecule has 0 aliphatic heterocycles. The number of rotatable bonds is 3. The maximum atomic E-state index is 5.52. The molecule has 96 valence electrons. The second-order valence-corrected chi connectivity index (χ2v) is 5.86. The number of nitrogens with zero attached hydrogens (tertiary/aromatic N) is 2. The molecular formula is C12H28N4. The van der Waals surface area contributed by atoms with Crippen molar-refractivity contribution in [1.29, 1.82) is 0 Å². The average molecular weight is 228 g/mol. The first kappa shape index (κ1) is 15.2.